The SMILES string of the molecule is COc1ccc(N[C@@H]2C[C@H](C)Nc3ccc(OC)cc32)cc1. The number of rotatable bonds is 4. The number of hydrogen-bond acceptors (Lipinski definition) is 4. The van der Waals surface area contributed by atoms with Crippen LogP contribution in [0.4, 0.5) is 11.4 Å². The Morgan fingerprint density at radius 1 is 1.00 bits per heavy atom. The Kier molecular flexibility index (Phi) is 4.09. The highest BCUT2D eigenvalue weighted by Crippen LogP contribution is 2.37. The summed E-state index contributed by atoms with van der Waals surface area (Å²) in [6.07, 6.45) is 1.02. The predicted molar refractivity (Wildman–Crippen MR) is 90.1 cm³/mol. The Bertz CT molecular complexity index is 640. The molecular formula is C18H22N2O2. The van der Waals surface area contributed by atoms with Crippen LogP contribution in [0.5, 0.6) is 11.5 Å². The molecule has 2 N–H and O–H groups in total. The van der Waals surface area contributed by atoms with Gasteiger partial charge in [-0.2, -0.15) is 0 Å². The van der Waals surface area contributed by atoms with Crippen molar-refractivity contribution in [3.63, 3.8) is 0 Å². The van der Waals surface area contributed by atoms with E-state index in [-0.39, 0.29) is 6.04 Å². The first kappa shape index (κ1) is 14.6. The van der Waals surface area contributed by atoms with Crippen molar-refractivity contribution in [2.75, 3.05) is 24.9 Å². The molecule has 22 heavy (non-hydrogen) atoms. The van der Waals surface area contributed by atoms with Crippen LogP contribution in [0.1, 0.15) is 24.9 Å². The van der Waals surface area contributed by atoms with Crippen LogP contribution in [-0.2, 0) is 0 Å². The van der Waals surface area contributed by atoms with E-state index in [1.807, 2.05) is 30.3 Å². The molecule has 0 saturated heterocycles. The molecule has 0 bridgehead atoms. The van der Waals surface area contributed by atoms with Gasteiger partial charge in [-0.15, -0.1) is 0 Å². The van der Waals surface area contributed by atoms with E-state index < -0.39 is 0 Å². The Hall–Kier alpha value is -2.36. The van der Waals surface area contributed by atoms with Gasteiger partial charge in [0.15, 0.2) is 0 Å². The summed E-state index contributed by atoms with van der Waals surface area (Å²) in [5, 5.41) is 7.15. The standard InChI is InChI=1S/C18H22N2O2/c1-12-10-18(20-13-4-6-14(21-2)7-5-13)16-11-15(22-3)8-9-17(16)19-12/h4-9,11-12,18-20H,10H2,1-3H3/t12-,18+/m0/s1. The minimum absolute atomic E-state index is 0.259. The number of anilines is 2. The first-order chi connectivity index (χ1) is 10.7. The lowest BCUT2D eigenvalue weighted by atomic mass is 9.93. The van der Waals surface area contributed by atoms with Gasteiger partial charge in [-0.3, -0.25) is 0 Å². The fourth-order valence-corrected chi connectivity index (χ4v) is 2.92. The summed E-state index contributed by atoms with van der Waals surface area (Å²) in [7, 11) is 3.38. The van der Waals surface area contributed by atoms with Crippen LogP contribution in [-0.4, -0.2) is 20.3 Å². The number of benzene rings is 2. The van der Waals surface area contributed by atoms with Gasteiger partial charge in [0.2, 0.25) is 0 Å². The van der Waals surface area contributed by atoms with Crippen LogP contribution in [0.15, 0.2) is 42.5 Å². The maximum atomic E-state index is 5.36. The van der Waals surface area contributed by atoms with Gasteiger partial charge in [-0.1, -0.05) is 0 Å². The van der Waals surface area contributed by atoms with Gasteiger partial charge in [-0.05, 0) is 55.8 Å². The van der Waals surface area contributed by atoms with E-state index in [9.17, 15) is 0 Å². The van der Waals surface area contributed by atoms with Crippen LogP contribution in [0.25, 0.3) is 0 Å². The molecule has 2 aromatic rings. The molecule has 1 aliphatic heterocycles. The molecule has 0 radical (unpaired) electrons. The molecule has 0 amide bonds. The zero-order valence-electron chi connectivity index (χ0n) is 13.2. The fourth-order valence-electron chi connectivity index (χ4n) is 2.92. The van der Waals surface area contributed by atoms with Crippen LogP contribution < -0.4 is 20.1 Å². The summed E-state index contributed by atoms with van der Waals surface area (Å²) in [4.78, 5) is 0. The molecule has 116 valence electrons. The fraction of sp³-hybridized carbons (Fsp3) is 0.333. The molecular weight excluding hydrogens is 276 g/mol. The smallest absolute Gasteiger partial charge is 0.119 e. The maximum absolute atomic E-state index is 5.36. The van der Waals surface area contributed by atoms with Crippen molar-refractivity contribution >= 4 is 11.4 Å². The molecule has 4 heteroatoms. The van der Waals surface area contributed by atoms with E-state index >= 15 is 0 Å². The number of hydrogen-bond donors (Lipinski definition) is 2. The lowest BCUT2D eigenvalue weighted by Gasteiger charge is -2.32. The summed E-state index contributed by atoms with van der Waals surface area (Å²) < 4.78 is 10.6. The monoisotopic (exact) mass is 298 g/mol. The van der Waals surface area contributed by atoms with Crippen molar-refractivity contribution < 1.29 is 9.47 Å². The van der Waals surface area contributed by atoms with E-state index in [2.05, 4.69) is 29.7 Å². The normalized spacial score (nSPS) is 19.8. The Balaban J connectivity index is 1.87. The van der Waals surface area contributed by atoms with Crippen molar-refractivity contribution in [1.29, 1.82) is 0 Å². The third kappa shape index (κ3) is 2.96. The van der Waals surface area contributed by atoms with Crippen LogP contribution in [0.3, 0.4) is 0 Å². The highest BCUT2D eigenvalue weighted by Gasteiger charge is 2.24. The average molecular weight is 298 g/mol. The highest BCUT2D eigenvalue weighted by molar-refractivity contribution is 5.61. The number of nitrogens with one attached hydrogen (secondary N) is 2. The van der Waals surface area contributed by atoms with Crippen molar-refractivity contribution in [3.8, 4) is 11.5 Å². The predicted octanol–water partition coefficient (Wildman–Crippen LogP) is 4.06. The van der Waals surface area contributed by atoms with E-state index in [1.54, 1.807) is 14.2 Å². The Labute approximate surface area is 131 Å². The van der Waals surface area contributed by atoms with E-state index in [0.29, 0.717) is 6.04 Å². The number of methoxy groups -OCH3 is 2. The average Bonchev–Trinajstić information content (AvgIpc) is 2.55. The zero-order chi connectivity index (χ0) is 15.5. The molecule has 0 fully saturated rings. The molecule has 0 unspecified atom stereocenters. The minimum Gasteiger partial charge on any atom is -0.497 e. The third-order valence-electron chi connectivity index (χ3n) is 4.06. The van der Waals surface area contributed by atoms with Crippen molar-refractivity contribution in [2.24, 2.45) is 0 Å². The first-order valence-corrected chi connectivity index (χ1v) is 7.54. The number of fused-ring (bicyclic) bond motifs is 1. The molecule has 3 rings (SSSR count). The van der Waals surface area contributed by atoms with Gasteiger partial charge >= 0.3 is 0 Å². The third-order valence-corrected chi connectivity index (χ3v) is 4.06. The molecule has 0 spiro atoms. The second-order valence-corrected chi connectivity index (χ2v) is 5.66. The minimum atomic E-state index is 0.259. The zero-order valence-corrected chi connectivity index (χ0v) is 13.2. The molecule has 2 atom stereocenters. The van der Waals surface area contributed by atoms with Gasteiger partial charge in [0, 0.05) is 23.0 Å². The molecule has 0 aromatic heterocycles. The quantitative estimate of drug-likeness (QED) is 0.893. The molecule has 0 aliphatic carbocycles. The van der Waals surface area contributed by atoms with Crippen molar-refractivity contribution in [3.05, 3.63) is 48.0 Å². The lowest BCUT2D eigenvalue weighted by Crippen LogP contribution is -2.28. The molecule has 0 saturated carbocycles. The highest BCUT2D eigenvalue weighted by atomic mass is 16.5. The van der Waals surface area contributed by atoms with E-state index in [1.165, 1.54) is 11.3 Å². The van der Waals surface area contributed by atoms with Crippen LogP contribution >= 0.6 is 0 Å². The van der Waals surface area contributed by atoms with Gasteiger partial charge in [0.25, 0.3) is 0 Å². The second kappa shape index (κ2) is 6.18. The number of ether oxygens (including phenoxy) is 2. The van der Waals surface area contributed by atoms with E-state index in [4.69, 9.17) is 9.47 Å². The molecule has 1 heterocycles. The molecule has 4 nitrogen and oxygen atoms in total. The Morgan fingerprint density at radius 3 is 2.36 bits per heavy atom. The maximum Gasteiger partial charge on any atom is 0.119 e. The van der Waals surface area contributed by atoms with Crippen LogP contribution in [0, 0.1) is 0 Å². The summed E-state index contributed by atoms with van der Waals surface area (Å²) in [6.45, 7) is 2.20. The van der Waals surface area contributed by atoms with Gasteiger partial charge in [-0.25, -0.2) is 0 Å². The van der Waals surface area contributed by atoms with Gasteiger partial charge in [0.1, 0.15) is 11.5 Å². The van der Waals surface area contributed by atoms with Crippen molar-refractivity contribution in [1.82, 2.24) is 0 Å². The molecule has 2 aromatic carbocycles. The second-order valence-electron chi connectivity index (χ2n) is 5.66. The largest absolute Gasteiger partial charge is 0.497 e. The summed E-state index contributed by atoms with van der Waals surface area (Å²) >= 11 is 0. The van der Waals surface area contributed by atoms with E-state index in [0.717, 1.165) is 23.6 Å². The summed E-state index contributed by atoms with van der Waals surface area (Å²) in [5.41, 5.74) is 3.51. The molecule has 1 aliphatic rings. The van der Waals surface area contributed by atoms with Gasteiger partial charge in [0.05, 0.1) is 20.3 Å². The first-order valence-electron chi connectivity index (χ1n) is 7.54. The van der Waals surface area contributed by atoms with Gasteiger partial charge < -0.3 is 20.1 Å². The Morgan fingerprint density at radius 2 is 1.68 bits per heavy atom. The summed E-state index contributed by atoms with van der Waals surface area (Å²) in [6, 6.07) is 14.9. The van der Waals surface area contributed by atoms with Crippen LogP contribution in [0.2, 0.25) is 0 Å². The lowest BCUT2D eigenvalue weighted by molar-refractivity contribution is 0.413. The summed E-state index contributed by atoms with van der Waals surface area (Å²) in [5.74, 6) is 1.75. The topological polar surface area (TPSA) is 42.5 Å². The van der Waals surface area contributed by atoms with Crippen molar-refractivity contribution in [2.45, 2.75) is 25.4 Å².